The first kappa shape index (κ1) is 21.2. The van der Waals surface area contributed by atoms with E-state index in [0.717, 1.165) is 42.4 Å². The molecule has 0 bridgehead atoms. The zero-order valence-electron chi connectivity index (χ0n) is 14.8. The zero-order valence-corrected chi connectivity index (χ0v) is 15.7. The van der Waals surface area contributed by atoms with Crippen LogP contribution >= 0.6 is 12.4 Å². The third kappa shape index (κ3) is 5.01. The highest BCUT2D eigenvalue weighted by Gasteiger charge is 2.40. The Balaban J connectivity index is 0.00000261. The van der Waals surface area contributed by atoms with Gasteiger partial charge in [-0.15, -0.1) is 12.4 Å². The molecule has 0 spiro atoms. The molecule has 1 aromatic heterocycles. The SMILES string of the molecule is Cc1ccc(-n2ncc(C(=O)NCCC3CCNC3)c2C(F)(F)F)cc1.Cl. The Bertz CT molecular complexity index is 768. The number of carbonyl (C=O) groups excluding carboxylic acids is 1. The van der Waals surface area contributed by atoms with Crippen molar-refractivity contribution in [3.63, 3.8) is 0 Å². The summed E-state index contributed by atoms with van der Waals surface area (Å²) in [5, 5.41) is 9.63. The molecule has 0 radical (unpaired) electrons. The van der Waals surface area contributed by atoms with Gasteiger partial charge in [-0.3, -0.25) is 4.79 Å². The van der Waals surface area contributed by atoms with Crippen LogP contribution in [-0.4, -0.2) is 35.3 Å². The van der Waals surface area contributed by atoms with Crippen LogP contribution in [0.4, 0.5) is 13.2 Å². The minimum Gasteiger partial charge on any atom is -0.352 e. The standard InChI is InChI=1S/C18H21F3N4O.ClH/c1-12-2-4-14(5-3-12)25-16(18(19,20)21)15(11-24-25)17(26)23-9-7-13-6-8-22-10-13;/h2-5,11,13,22H,6-10H2,1H3,(H,23,26);1H. The van der Waals surface area contributed by atoms with Crippen LogP contribution in [0.25, 0.3) is 5.69 Å². The van der Waals surface area contributed by atoms with E-state index in [4.69, 9.17) is 0 Å². The van der Waals surface area contributed by atoms with Gasteiger partial charge in [0.05, 0.1) is 17.4 Å². The molecule has 1 aliphatic rings. The summed E-state index contributed by atoms with van der Waals surface area (Å²) in [6, 6.07) is 6.50. The molecule has 1 amide bonds. The van der Waals surface area contributed by atoms with Crippen molar-refractivity contribution in [3.05, 3.63) is 47.3 Å². The lowest BCUT2D eigenvalue weighted by molar-refractivity contribution is -0.143. The maximum atomic E-state index is 13.6. The van der Waals surface area contributed by atoms with E-state index in [1.165, 1.54) is 0 Å². The van der Waals surface area contributed by atoms with Crippen molar-refractivity contribution in [1.82, 2.24) is 20.4 Å². The van der Waals surface area contributed by atoms with E-state index in [-0.39, 0.29) is 18.1 Å². The van der Waals surface area contributed by atoms with Gasteiger partial charge in [-0.05, 0) is 50.9 Å². The molecule has 27 heavy (non-hydrogen) atoms. The lowest BCUT2D eigenvalue weighted by Crippen LogP contribution is -2.28. The number of rotatable bonds is 5. The van der Waals surface area contributed by atoms with Crippen molar-refractivity contribution in [2.45, 2.75) is 25.9 Å². The van der Waals surface area contributed by atoms with Crippen LogP contribution in [0.3, 0.4) is 0 Å². The molecule has 0 saturated carbocycles. The quantitative estimate of drug-likeness (QED) is 0.806. The van der Waals surface area contributed by atoms with Gasteiger partial charge in [0.1, 0.15) is 0 Å². The fraction of sp³-hybridized carbons (Fsp3) is 0.444. The van der Waals surface area contributed by atoms with Gasteiger partial charge in [0, 0.05) is 6.54 Å². The number of hydrogen-bond donors (Lipinski definition) is 2. The van der Waals surface area contributed by atoms with Gasteiger partial charge in [0.2, 0.25) is 0 Å². The van der Waals surface area contributed by atoms with E-state index in [0.29, 0.717) is 12.5 Å². The smallest absolute Gasteiger partial charge is 0.352 e. The van der Waals surface area contributed by atoms with Crippen LogP contribution in [0.5, 0.6) is 0 Å². The van der Waals surface area contributed by atoms with E-state index < -0.39 is 23.3 Å². The second kappa shape index (κ2) is 8.75. The second-order valence-electron chi connectivity index (χ2n) is 6.56. The summed E-state index contributed by atoms with van der Waals surface area (Å²) in [6.07, 6.45) is -1.94. The minimum atomic E-state index is -4.69. The van der Waals surface area contributed by atoms with Crippen molar-refractivity contribution < 1.29 is 18.0 Å². The average Bonchev–Trinajstić information content (AvgIpc) is 3.24. The van der Waals surface area contributed by atoms with Crippen molar-refractivity contribution in [2.75, 3.05) is 19.6 Å². The Labute approximate surface area is 161 Å². The number of aryl methyl sites for hydroxylation is 1. The molecule has 1 fully saturated rings. The van der Waals surface area contributed by atoms with Crippen LogP contribution in [0, 0.1) is 12.8 Å². The van der Waals surface area contributed by atoms with Crippen molar-refractivity contribution >= 4 is 18.3 Å². The summed E-state index contributed by atoms with van der Waals surface area (Å²) >= 11 is 0. The van der Waals surface area contributed by atoms with Gasteiger partial charge >= 0.3 is 6.18 Å². The van der Waals surface area contributed by atoms with Gasteiger partial charge in [0.25, 0.3) is 5.91 Å². The maximum Gasteiger partial charge on any atom is 0.434 e. The Kier molecular flexibility index (Phi) is 6.89. The number of benzene rings is 1. The number of amides is 1. The predicted octanol–water partition coefficient (Wildman–Crippen LogP) is 3.35. The highest BCUT2D eigenvalue weighted by molar-refractivity contribution is 5.95. The van der Waals surface area contributed by atoms with E-state index in [1.54, 1.807) is 24.3 Å². The number of nitrogens with one attached hydrogen (secondary N) is 2. The first-order valence-electron chi connectivity index (χ1n) is 8.57. The molecule has 2 heterocycles. The number of aromatic nitrogens is 2. The fourth-order valence-electron chi connectivity index (χ4n) is 3.12. The molecule has 9 heteroatoms. The third-order valence-corrected chi connectivity index (χ3v) is 4.56. The Morgan fingerprint density at radius 3 is 2.63 bits per heavy atom. The molecule has 1 saturated heterocycles. The molecule has 2 aromatic rings. The average molecular weight is 403 g/mol. The predicted molar refractivity (Wildman–Crippen MR) is 98.5 cm³/mol. The highest BCUT2D eigenvalue weighted by atomic mass is 35.5. The topological polar surface area (TPSA) is 59.0 Å². The van der Waals surface area contributed by atoms with Crippen LogP contribution in [0.2, 0.25) is 0 Å². The number of nitrogens with zero attached hydrogens (tertiary/aromatic N) is 2. The second-order valence-corrected chi connectivity index (χ2v) is 6.56. The van der Waals surface area contributed by atoms with E-state index in [9.17, 15) is 18.0 Å². The summed E-state index contributed by atoms with van der Waals surface area (Å²) in [7, 11) is 0. The van der Waals surface area contributed by atoms with E-state index >= 15 is 0 Å². The van der Waals surface area contributed by atoms with Crippen molar-refractivity contribution in [1.29, 1.82) is 0 Å². The monoisotopic (exact) mass is 402 g/mol. The van der Waals surface area contributed by atoms with Crippen molar-refractivity contribution in [3.8, 4) is 5.69 Å². The van der Waals surface area contributed by atoms with Crippen LogP contribution in [-0.2, 0) is 6.18 Å². The third-order valence-electron chi connectivity index (χ3n) is 4.56. The fourth-order valence-corrected chi connectivity index (χ4v) is 3.12. The molecule has 5 nitrogen and oxygen atoms in total. The normalized spacial score (nSPS) is 16.8. The maximum absolute atomic E-state index is 13.6. The summed E-state index contributed by atoms with van der Waals surface area (Å²) in [6.45, 7) is 4.02. The summed E-state index contributed by atoms with van der Waals surface area (Å²) < 4.78 is 41.5. The molecule has 1 aromatic carbocycles. The molecule has 148 valence electrons. The number of alkyl halides is 3. The van der Waals surface area contributed by atoms with E-state index in [2.05, 4.69) is 15.7 Å². The Morgan fingerprint density at radius 1 is 1.33 bits per heavy atom. The lowest BCUT2D eigenvalue weighted by Gasteiger charge is -2.13. The van der Waals surface area contributed by atoms with Gasteiger partial charge < -0.3 is 10.6 Å². The minimum absolute atomic E-state index is 0. The molecule has 1 aliphatic heterocycles. The molecular formula is C18H22ClF3N4O. The van der Waals surface area contributed by atoms with E-state index in [1.807, 2.05) is 6.92 Å². The molecule has 1 atom stereocenters. The van der Waals surface area contributed by atoms with Crippen LogP contribution in [0.15, 0.2) is 30.5 Å². The molecule has 1 unspecified atom stereocenters. The van der Waals surface area contributed by atoms with Crippen molar-refractivity contribution in [2.24, 2.45) is 5.92 Å². The summed E-state index contributed by atoms with van der Waals surface area (Å²) in [5.74, 6) is -0.297. The summed E-state index contributed by atoms with van der Waals surface area (Å²) in [5.41, 5.74) is -0.322. The van der Waals surface area contributed by atoms with Crippen LogP contribution in [0.1, 0.15) is 34.5 Å². The summed E-state index contributed by atoms with van der Waals surface area (Å²) in [4.78, 5) is 12.3. The zero-order chi connectivity index (χ0) is 18.7. The van der Waals surface area contributed by atoms with Gasteiger partial charge in [0.15, 0.2) is 5.69 Å². The highest BCUT2D eigenvalue weighted by Crippen LogP contribution is 2.33. The van der Waals surface area contributed by atoms with Gasteiger partial charge in [-0.2, -0.15) is 18.3 Å². The molecule has 0 aliphatic carbocycles. The lowest BCUT2D eigenvalue weighted by atomic mass is 10.1. The Morgan fingerprint density at radius 2 is 2.04 bits per heavy atom. The molecular weight excluding hydrogens is 381 g/mol. The largest absolute Gasteiger partial charge is 0.434 e. The first-order valence-corrected chi connectivity index (χ1v) is 8.57. The van der Waals surface area contributed by atoms with Crippen LogP contribution < -0.4 is 10.6 Å². The molecule has 3 rings (SSSR count). The van der Waals surface area contributed by atoms with Gasteiger partial charge in [-0.25, -0.2) is 4.68 Å². The Hall–Kier alpha value is -2.06. The number of carbonyl (C=O) groups is 1. The first-order chi connectivity index (χ1) is 12.4. The molecule has 2 N–H and O–H groups in total. The van der Waals surface area contributed by atoms with Gasteiger partial charge in [-0.1, -0.05) is 17.7 Å². The number of halogens is 4. The number of hydrogen-bond acceptors (Lipinski definition) is 3.